The fraction of sp³-hybridized carbons (Fsp3) is 0.588. The molecule has 7 heteroatoms. The van der Waals surface area contributed by atoms with Gasteiger partial charge in [0.1, 0.15) is 17.5 Å². The van der Waals surface area contributed by atoms with Gasteiger partial charge >= 0.3 is 0 Å². The molecule has 3 heterocycles. The maximum absolute atomic E-state index is 12.9. The number of ether oxygens (including phenoxy) is 1. The Bertz CT molecular complexity index is 800. The average molecular weight is 333 g/mol. The molecule has 0 atom stereocenters. The number of rotatable bonds is 4. The zero-order chi connectivity index (χ0) is 17.3. The minimum Gasteiger partial charge on any atom is -0.442 e. The number of amides is 1. The van der Waals surface area contributed by atoms with Crippen LogP contribution < -0.4 is 5.56 Å². The van der Waals surface area contributed by atoms with E-state index >= 15 is 0 Å². The van der Waals surface area contributed by atoms with Crippen molar-refractivity contribution in [2.45, 2.75) is 33.2 Å². The SMILES string of the molecule is COCCn1cnc2oc(C)c(C(=O)N3CCC(C)CC3)c2c1=O. The molecule has 1 saturated heterocycles. The quantitative estimate of drug-likeness (QED) is 0.853. The van der Waals surface area contributed by atoms with Crippen molar-refractivity contribution in [3.05, 3.63) is 28.0 Å². The number of furan rings is 1. The van der Waals surface area contributed by atoms with E-state index in [0.29, 0.717) is 43.5 Å². The first-order valence-electron chi connectivity index (χ1n) is 8.29. The molecule has 1 amide bonds. The largest absolute Gasteiger partial charge is 0.442 e. The number of likely N-dealkylation sites (tertiary alicyclic amines) is 1. The van der Waals surface area contributed by atoms with Crippen LogP contribution in [0.15, 0.2) is 15.5 Å². The van der Waals surface area contributed by atoms with Crippen molar-refractivity contribution in [1.29, 1.82) is 0 Å². The number of aryl methyl sites for hydroxylation is 1. The first-order valence-corrected chi connectivity index (χ1v) is 8.29. The lowest BCUT2D eigenvalue weighted by Crippen LogP contribution is -2.38. The summed E-state index contributed by atoms with van der Waals surface area (Å²) in [7, 11) is 1.57. The molecule has 0 saturated carbocycles. The summed E-state index contributed by atoms with van der Waals surface area (Å²) >= 11 is 0. The van der Waals surface area contributed by atoms with E-state index in [0.717, 1.165) is 12.8 Å². The van der Waals surface area contributed by atoms with Gasteiger partial charge in [0.25, 0.3) is 11.5 Å². The standard InChI is InChI=1S/C17H23N3O4/c1-11-4-6-19(7-5-11)16(21)13-12(2)24-15-14(13)17(22)20(10-18-15)8-9-23-3/h10-11H,4-9H2,1-3H3. The van der Waals surface area contributed by atoms with E-state index < -0.39 is 0 Å². The normalized spacial score (nSPS) is 16.0. The third kappa shape index (κ3) is 2.96. The lowest BCUT2D eigenvalue weighted by atomic mass is 9.98. The van der Waals surface area contributed by atoms with E-state index in [1.54, 1.807) is 14.0 Å². The molecule has 0 bridgehead atoms. The van der Waals surface area contributed by atoms with Crippen LogP contribution in [-0.4, -0.2) is 47.2 Å². The van der Waals surface area contributed by atoms with Crippen LogP contribution in [-0.2, 0) is 11.3 Å². The highest BCUT2D eigenvalue weighted by Crippen LogP contribution is 2.25. The van der Waals surface area contributed by atoms with Gasteiger partial charge in [0, 0.05) is 20.2 Å². The summed E-state index contributed by atoms with van der Waals surface area (Å²) < 4.78 is 12.0. The zero-order valence-electron chi connectivity index (χ0n) is 14.4. The molecule has 2 aromatic heterocycles. The summed E-state index contributed by atoms with van der Waals surface area (Å²) in [6.07, 6.45) is 3.40. The van der Waals surface area contributed by atoms with Crippen LogP contribution in [0.3, 0.4) is 0 Å². The maximum Gasteiger partial charge on any atom is 0.265 e. The van der Waals surface area contributed by atoms with Crippen molar-refractivity contribution in [3.63, 3.8) is 0 Å². The molecular formula is C17H23N3O4. The predicted molar refractivity (Wildman–Crippen MR) is 89.2 cm³/mol. The van der Waals surface area contributed by atoms with E-state index in [4.69, 9.17) is 9.15 Å². The van der Waals surface area contributed by atoms with Crippen molar-refractivity contribution in [2.24, 2.45) is 5.92 Å². The van der Waals surface area contributed by atoms with Crippen LogP contribution in [0.1, 0.15) is 35.9 Å². The molecule has 1 aliphatic rings. The molecule has 130 valence electrons. The molecule has 7 nitrogen and oxygen atoms in total. The van der Waals surface area contributed by atoms with Crippen LogP contribution in [0.4, 0.5) is 0 Å². The van der Waals surface area contributed by atoms with Gasteiger partial charge in [0.15, 0.2) is 0 Å². The van der Waals surface area contributed by atoms with E-state index in [-0.39, 0.29) is 22.6 Å². The fourth-order valence-corrected chi connectivity index (χ4v) is 3.11. The number of nitrogens with zero attached hydrogens (tertiary/aromatic N) is 3. The highest BCUT2D eigenvalue weighted by atomic mass is 16.5. The molecule has 0 aliphatic carbocycles. The van der Waals surface area contributed by atoms with Crippen molar-refractivity contribution in [1.82, 2.24) is 14.5 Å². The number of carbonyl (C=O) groups excluding carboxylic acids is 1. The second kappa shape index (κ2) is 6.76. The minimum absolute atomic E-state index is 0.137. The van der Waals surface area contributed by atoms with Crippen molar-refractivity contribution < 1.29 is 13.9 Å². The second-order valence-corrected chi connectivity index (χ2v) is 6.42. The Morgan fingerprint density at radius 2 is 2.12 bits per heavy atom. The Hall–Kier alpha value is -2.15. The van der Waals surface area contributed by atoms with Gasteiger partial charge in [-0.2, -0.15) is 0 Å². The Morgan fingerprint density at radius 1 is 1.42 bits per heavy atom. The molecule has 0 unspecified atom stereocenters. The van der Waals surface area contributed by atoms with Gasteiger partial charge in [0.2, 0.25) is 5.71 Å². The average Bonchev–Trinajstić information content (AvgIpc) is 2.91. The number of piperidine rings is 1. The van der Waals surface area contributed by atoms with Crippen LogP contribution >= 0.6 is 0 Å². The Labute approximate surface area is 140 Å². The van der Waals surface area contributed by atoms with Gasteiger partial charge in [0.05, 0.1) is 18.7 Å². The van der Waals surface area contributed by atoms with Gasteiger partial charge in [-0.15, -0.1) is 0 Å². The van der Waals surface area contributed by atoms with Gasteiger partial charge in [-0.25, -0.2) is 4.98 Å². The number of hydrogen-bond acceptors (Lipinski definition) is 5. The third-order valence-electron chi connectivity index (χ3n) is 4.68. The van der Waals surface area contributed by atoms with Crippen molar-refractivity contribution >= 4 is 17.0 Å². The van der Waals surface area contributed by atoms with Gasteiger partial charge in [-0.3, -0.25) is 14.2 Å². The number of aromatic nitrogens is 2. The molecule has 1 aliphatic heterocycles. The monoisotopic (exact) mass is 333 g/mol. The summed E-state index contributed by atoms with van der Waals surface area (Å²) in [4.78, 5) is 31.7. The summed E-state index contributed by atoms with van der Waals surface area (Å²) in [5.41, 5.74) is 0.311. The number of hydrogen-bond donors (Lipinski definition) is 0. The highest BCUT2D eigenvalue weighted by Gasteiger charge is 2.28. The van der Waals surface area contributed by atoms with Crippen LogP contribution in [0.25, 0.3) is 11.1 Å². The summed E-state index contributed by atoms with van der Waals surface area (Å²) in [6.45, 7) is 6.11. The van der Waals surface area contributed by atoms with E-state index in [2.05, 4.69) is 11.9 Å². The third-order valence-corrected chi connectivity index (χ3v) is 4.68. The highest BCUT2D eigenvalue weighted by molar-refractivity contribution is 6.06. The van der Waals surface area contributed by atoms with Crippen LogP contribution in [0.5, 0.6) is 0 Å². The first kappa shape index (κ1) is 16.7. The van der Waals surface area contributed by atoms with Gasteiger partial charge in [-0.05, 0) is 25.7 Å². The van der Waals surface area contributed by atoms with E-state index in [1.807, 2.05) is 4.90 Å². The van der Waals surface area contributed by atoms with Gasteiger partial charge in [-0.1, -0.05) is 6.92 Å². The van der Waals surface area contributed by atoms with Gasteiger partial charge < -0.3 is 14.1 Å². The predicted octanol–water partition coefficient (Wildman–Crippen LogP) is 1.82. The number of methoxy groups -OCH3 is 1. The number of fused-ring (bicyclic) bond motifs is 1. The summed E-state index contributed by atoms with van der Waals surface area (Å²) in [5.74, 6) is 0.938. The van der Waals surface area contributed by atoms with Crippen LogP contribution in [0, 0.1) is 12.8 Å². The molecule has 0 N–H and O–H groups in total. The molecule has 0 radical (unpaired) electrons. The lowest BCUT2D eigenvalue weighted by molar-refractivity contribution is 0.0697. The van der Waals surface area contributed by atoms with Crippen LogP contribution in [0.2, 0.25) is 0 Å². The molecular weight excluding hydrogens is 310 g/mol. The fourth-order valence-electron chi connectivity index (χ4n) is 3.11. The molecule has 1 fully saturated rings. The summed E-state index contributed by atoms with van der Waals surface area (Å²) in [6, 6.07) is 0. The Balaban J connectivity index is 2.02. The topological polar surface area (TPSA) is 77.6 Å². The molecule has 0 aromatic carbocycles. The molecule has 0 spiro atoms. The second-order valence-electron chi connectivity index (χ2n) is 6.42. The van der Waals surface area contributed by atoms with E-state index in [1.165, 1.54) is 10.9 Å². The maximum atomic E-state index is 12.9. The lowest BCUT2D eigenvalue weighted by Gasteiger charge is -2.30. The molecule has 3 rings (SSSR count). The smallest absolute Gasteiger partial charge is 0.265 e. The summed E-state index contributed by atoms with van der Waals surface area (Å²) in [5, 5.41) is 0.273. The van der Waals surface area contributed by atoms with Crippen molar-refractivity contribution in [2.75, 3.05) is 26.8 Å². The zero-order valence-corrected chi connectivity index (χ0v) is 14.4. The minimum atomic E-state index is -0.261. The molecule has 24 heavy (non-hydrogen) atoms. The van der Waals surface area contributed by atoms with Crippen molar-refractivity contribution in [3.8, 4) is 0 Å². The molecule has 2 aromatic rings. The van der Waals surface area contributed by atoms with E-state index in [9.17, 15) is 9.59 Å². The number of carbonyl (C=O) groups is 1. The Kier molecular flexibility index (Phi) is 4.71. The first-order chi connectivity index (χ1) is 11.5. The Morgan fingerprint density at radius 3 is 2.79 bits per heavy atom.